The van der Waals surface area contributed by atoms with Crippen molar-refractivity contribution in [1.29, 1.82) is 0 Å². The summed E-state index contributed by atoms with van der Waals surface area (Å²) in [6, 6.07) is 21.7. The minimum atomic E-state index is 0.529. The van der Waals surface area contributed by atoms with Crippen LogP contribution in [0.4, 0.5) is 11.4 Å². The molecule has 0 radical (unpaired) electrons. The van der Waals surface area contributed by atoms with Gasteiger partial charge in [-0.2, -0.15) is 5.01 Å². The molecule has 1 unspecified atom stereocenters. The van der Waals surface area contributed by atoms with Gasteiger partial charge in [0.05, 0.1) is 17.5 Å². The van der Waals surface area contributed by atoms with Crippen LogP contribution in [0.5, 0.6) is 0 Å². The molecule has 2 saturated heterocycles. The fraction of sp³-hybridized carbons (Fsp3) is 0.429. The predicted molar refractivity (Wildman–Crippen MR) is 100 cm³/mol. The number of hydrogen-bond acceptors (Lipinski definition) is 3. The molecule has 0 aromatic heterocycles. The lowest BCUT2D eigenvalue weighted by atomic mass is 10.1. The van der Waals surface area contributed by atoms with Gasteiger partial charge in [-0.25, -0.2) is 0 Å². The zero-order valence-corrected chi connectivity index (χ0v) is 14.3. The Labute approximate surface area is 145 Å². The minimum absolute atomic E-state index is 0.529. The molecule has 3 heteroatoms. The van der Waals surface area contributed by atoms with Gasteiger partial charge in [0.1, 0.15) is 0 Å². The Balaban J connectivity index is 1.71. The first-order valence-electron chi connectivity index (χ1n) is 9.34. The van der Waals surface area contributed by atoms with Gasteiger partial charge in [0.25, 0.3) is 0 Å². The van der Waals surface area contributed by atoms with Crippen molar-refractivity contribution in [3.05, 3.63) is 60.7 Å². The monoisotopic (exact) mass is 321 g/mol. The van der Waals surface area contributed by atoms with Gasteiger partial charge < -0.3 is 0 Å². The number of piperidine rings is 1. The van der Waals surface area contributed by atoms with E-state index in [1.165, 1.54) is 56.6 Å². The molecule has 2 aromatic carbocycles. The maximum Gasteiger partial charge on any atom is 0.0812 e. The van der Waals surface area contributed by atoms with Crippen LogP contribution in [0, 0.1) is 0 Å². The second-order valence-corrected chi connectivity index (χ2v) is 6.87. The van der Waals surface area contributed by atoms with Crippen molar-refractivity contribution in [3.8, 4) is 0 Å². The Morgan fingerprint density at radius 1 is 0.667 bits per heavy atom. The summed E-state index contributed by atoms with van der Waals surface area (Å²) in [4.78, 5) is 2.69. The zero-order chi connectivity index (χ0) is 16.2. The number of hydrogen-bond donors (Lipinski definition) is 0. The minimum Gasteiger partial charge on any atom is -0.286 e. The van der Waals surface area contributed by atoms with Gasteiger partial charge in [0.2, 0.25) is 0 Å². The van der Waals surface area contributed by atoms with E-state index >= 15 is 0 Å². The number of nitrogens with zero attached hydrogens (tertiary/aromatic N) is 3. The number of para-hydroxylation sites is 2. The third-order valence-corrected chi connectivity index (χ3v) is 5.26. The maximum atomic E-state index is 2.69. The lowest BCUT2D eigenvalue weighted by Crippen LogP contribution is -2.56. The van der Waals surface area contributed by atoms with Gasteiger partial charge in [0.15, 0.2) is 0 Å². The van der Waals surface area contributed by atoms with Crippen LogP contribution in [0.25, 0.3) is 0 Å². The summed E-state index contributed by atoms with van der Waals surface area (Å²) in [5, 5.41) is 5.06. The number of rotatable bonds is 4. The van der Waals surface area contributed by atoms with E-state index in [0.717, 1.165) is 6.54 Å². The van der Waals surface area contributed by atoms with E-state index in [1.807, 2.05) is 0 Å². The Morgan fingerprint density at radius 2 is 1.21 bits per heavy atom. The molecule has 2 aliphatic heterocycles. The smallest absolute Gasteiger partial charge is 0.0812 e. The Kier molecular flexibility index (Phi) is 4.81. The van der Waals surface area contributed by atoms with Crippen molar-refractivity contribution in [1.82, 2.24) is 9.91 Å². The highest BCUT2D eigenvalue weighted by Crippen LogP contribution is 2.33. The van der Waals surface area contributed by atoms with Crippen LogP contribution in [0.1, 0.15) is 32.1 Å². The molecule has 2 aromatic rings. The van der Waals surface area contributed by atoms with Crippen LogP contribution < -0.4 is 5.01 Å². The molecule has 0 N–H and O–H groups in total. The van der Waals surface area contributed by atoms with Crippen LogP contribution in [0.15, 0.2) is 60.7 Å². The molecule has 2 heterocycles. The highest BCUT2D eigenvalue weighted by atomic mass is 15.7. The van der Waals surface area contributed by atoms with Gasteiger partial charge in [-0.05, 0) is 69.5 Å². The fourth-order valence-corrected chi connectivity index (χ4v) is 4.13. The molecule has 2 aliphatic rings. The van der Waals surface area contributed by atoms with Gasteiger partial charge in [-0.15, -0.1) is 0 Å². The SMILES string of the molecule is c1ccc(N(c2ccccc2)N2CCCCC2N2CCCC2)cc1. The molecule has 126 valence electrons. The maximum absolute atomic E-state index is 2.69. The molecule has 3 nitrogen and oxygen atoms in total. The lowest BCUT2D eigenvalue weighted by Gasteiger charge is -2.47. The second-order valence-electron chi connectivity index (χ2n) is 6.87. The van der Waals surface area contributed by atoms with Gasteiger partial charge >= 0.3 is 0 Å². The highest BCUT2D eigenvalue weighted by molar-refractivity contribution is 5.61. The Bertz CT molecular complexity index is 583. The zero-order valence-electron chi connectivity index (χ0n) is 14.3. The van der Waals surface area contributed by atoms with E-state index in [9.17, 15) is 0 Å². The topological polar surface area (TPSA) is 9.72 Å². The van der Waals surface area contributed by atoms with Crippen LogP contribution in [-0.2, 0) is 0 Å². The Morgan fingerprint density at radius 3 is 1.79 bits per heavy atom. The molecule has 24 heavy (non-hydrogen) atoms. The second kappa shape index (κ2) is 7.37. The molecule has 0 bridgehead atoms. The van der Waals surface area contributed by atoms with E-state index in [1.54, 1.807) is 0 Å². The van der Waals surface area contributed by atoms with Gasteiger partial charge in [-0.1, -0.05) is 36.4 Å². The lowest BCUT2D eigenvalue weighted by molar-refractivity contribution is 0.0282. The van der Waals surface area contributed by atoms with Crippen molar-refractivity contribution in [2.24, 2.45) is 0 Å². The van der Waals surface area contributed by atoms with E-state index in [0.29, 0.717) is 6.17 Å². The summed E-state index contributed by atoms with van der Waals surface area (Å²) in [6.07, 6.45) is 7.12. The summed E-state index contributed by atoms with van der Waals surface area (Å²) in [6.45, 7) is 3.63. The summed E-state index contributed by atoms with van der Waals surface area (Å²) in [7, 11) is 0. The third-order valence-electron chi connectivity index (χ3n) is 5.26. The van der Waals surface area contributed by atoms with Gasteiger partial charge in [-0.3, -0.25) is 9.91 Å². The average molecular weight is 321 g/mol. The van der Waals surface area contributed by atoms with Crippen LogP contribution in [-0.4, -0.2) is 35.7 Å². The summed E-state index contributed by atoms with van der Waals surface area (Å²) in [5.74, 6) is 0. The van der Waals surface area contributed by atoms with Gasteiger partial charge in [0, 0.05) is 6.54 Å². The van der Waals surface area contributed by atoms with E-state index < -0.39 is 0 Å². The van der Waals surface area contributed by atoms with Crippen molar-refractivity contribution in [3.63, 3.8) is 0 Å². The number of anilines is 2. The van der Waals surface area contributed by atoms with E-state index in [2.05, 4.69) is 75.6 Å². The van der Waals surface area contributed by atoms with E-state index in [-0.39, 0.29) is 0 Å². The molecular weight excluding hydrogens is 294 g/mol. The summed E-state index contributed by atoms with van der Waals surface area (Å²) >= 11 is 0. The molecule has 0 spiro atoms. The number of hydrazine groups is 1. The fourth-order valence-electron chi connectivity index (χ4n) is 4.13. The van der Waals surface area contributed by atoms with Crippen molar-refractivity contribution < 1.29 is 0 Å². The van der Waals surface area contributed by atoms with Crippen molar-refractivity contribution >= 4 is 11.4 Å². The first-order valence-corrected chi connectivity index (χ1v) is 9.34. The Hall–Kier alpha value is -1.84. The number of benzene rings is 2. The first-order chi connectivity index (χ1) is 11.9. The number of likely N-dealkylation sites (tertiary alicyclic amines) is 1. The van der Waals surface area contributed by atoms with Crippen molar-refractivity contribution in [2.45, 2.75) is 38.3 Å². The largest absolute Gasteiger partial charge is 0.286 e. The first kappa shape index (κ1) is 15.7. The molecule has 0 amide bonds. The molecule has 4 rings (SSSR count). The van der Waals surface area contributed by atoms with Crippen molar-refractivity contribution in [2.75, 3.05) is 24.6 Å². The van der Waals surface area contributed by atoms with Crippen LogP contribution >= 0.6 is 0 Å². The quantitative estimate of drug-likeness (QED) is 0.812. The summed E-state index contributed by atoms with van der Waals surface area (Å²) < 4.78 is 0. The third kappa shape index (κ3) is 3.19. The molecular formula is C21H27N3. The molecule has 2 fully saturated rings. The summed E-state index contributed by atoms with van der Waals surface area (Å²) in [5.41, 5.74) is 2.52. The molecule has 0 saturated carbocycles. The molecule has 1 atom stereocenters. The molecule has 0 aliphatic carbocycles. The van der Waals surface area contributed by atoms with E-state index in [4.69, 9.17) is 0 Å². The highest BCUT2D eigenvalue weighted by Gasteiger charge is 2.33. The average Bonchev–Trinajstić information content (AvgIpc) is 3.19. The predicted octanol–water partition coefficient (Wildman–Crippen LogP) is 4.65. The van der Waals surface area contributed by atoms with Crippen LogP contribution in [0.3, 0.4) is 0 Å². The van der Waals surface area contributed by atoms with Crippen LogP contribution in [0.2, 0.25) is 0 Å². The normalized spacial score (nSPS) is 22.6. The standard InChI is InChI=1S/C21H27N3/c1-3-11-19(12-4-1)24(20-13-5-2-6-14-20)23-18-8-7-15-21(23)22-16-9-10-17-22/h1-6,11-14,21H,7-10,15-18H2.